The number of carbonyl (C=O) groups is 2. The van der Waals surface area contributed by atoms with Crippen molar-refractivity contribution in [3.8, 4) is 0 Å². The molecule has 0 aliphatic carbocycles. The minimum absolute atomic E-state index is 0.0651. The third kappa shape index (κ3) is 4.60. The molecule has 1 fully saturated rings. The number of halogens is 1. The summed E-state index contributed by atoms with van der Waals surface area (Å²) in [5.41, 5.74) is 3.08. The molecule has 1 aliphatic heterocycles. The van der Waals surface area contributed by atoms with Crippen molar-refractivity contribution < 1.29 is 14.7 Å². The van der Waals surface area contributed by atoms with Crippen molar-refractivity contribution in [2.75, 3.05) is 4.90 Å². The Kier molecular flexibility index (Phi) is 6.68. The van der Waals surface area contributed by atoms with Gasteiger partial charge >= 0.3 is 5.91 Å². The number of aromatic nitrogens is 4. The number of aryl methyl sites for hydroxylation is 1. The fourth-order valence-electron chi connectivity index (χ4n) is 4.63. The SMILES string of the molecule is Cc1nc2ccccn2c1C(O)=C1C(=O)C(=O)N(c2nnc(SCc3ccccc3)s2)C1c1cccc(Cl)c1. The molecule has 39 heavy (non-hydrogen) atoms. The van der Waals surface area contributed by atoms with E-state index < -0.39 is 17.7 Å². The Morgan fingerprint density at radius 1 is 1.05 bits per heavy atom. The normalized spacial score (nSPS) is 16.9. The molecular weight excluding hydrogens is 554 g/mol. The number of imidazole rings is 1. The molecule has 11 heteroatoms. The van der Waals surface area contributed by atoms with Gasteiger partial charge in [-0.05, 0) is 42.3 Å². The zero-order valence-corrected chi connectivity index (χ0v) is 22.9. The highest BCUT2D eigenvalue weighted by molar-refractivity contribution is 8.00. The van der Waals surface area contributed by atoms with Gasteiger partial charge in [-0.1, -0.05) is 83.2 Å². The van der Waals surface area contributed by atoms with Gasteiger partial charge in [-0.15, -0.1) is 10.2 Å². The van der Waals surface area contributed by atoms with Crippen LogP contribution in [0.15, 0.2) is 88.9 Å². The zero-order chi connectivity index (χ0) is 27.1. The molecule has 2 aromatic carbocycles. The highest BCUT2D eigenvalue weighted by Gasteiger charge is 2.49. The molecule has 1 unspecified atom stereocenters. The van der Waals surface area contributed by atoms with Crippen LogP contribution in [-0.4, -0.2) is 36.4 Å². The lowest BCUT2D eigenvalue weighted by molar-refractivity contribution is -0.132. The highest BCUT2D eigenvalue weighted by atomic mass is 35.5. The number of anilines is 1. The van der Waals surface area contributed by atoms with Crippen LogP contribution in [0.4, 0.5) is 5.13 Å². The molecule has 6 rings (SSSR count). The molecule has 8 nitrogen and oxygen atoms in total. The number of ketones is 1. The molecule has 1 aliphatic rings. The predicted molar refractivity (Wildman–Crippen MR) is 152 cm³/mol. The summed E-state index contributed by atoms with van der Waals surface area (Å²) >= 11 is 9.02. The second-order valence-corrected chi connectivity index (χ2v) is 11.4. The summed E-state index contributed by atoms with van der Waals surface area (Å²) in [6.07, 6.45) is 1.75. The highest BCUT2D eigenvalue weighted by Crippen LogP contribution is 2.44. The maximum atomic E-state index is 13.5. The monoisotopic (exact) mass is 573 g/mol. The molecule has 3 aromatic heterocycles. The second kappa shape index (κ2) is 10.3. The first-order chi connectivity index (χ1) is 18.9. The summed E-state index contributed by atoms with van der Waals surface area (Å²) in [7, 11) is 0. The van der Waals surface area contributed by atoms with Crippen LogP contribution in [0.5, 0.6) is 0 Å². The lowest BCUT2D eigenvalue weighted by Crippen LogP contribution is -2.29. The van der Waals surface area contributed by atoms with Crippen LogP contribution in [-0.2, 0) is 15.3 Å². The number of hydrogen-bond donors (Lipinski definition) is 1. The number of aliphatic hydroxyl groups excluding tert-OH is 1. The summed E-state index contributed by atoms with van der Waals surface area (Å²) in [4.78, 5) is 32.8. The van der Waals surface area contributed by atoms with E-state index in [0.717, 1.165) is 5.56 Å². The zero-order valence-electron chi connectivity index (χ0n) is 20.5. The van der Waals surface area contributed by atoms with E-state index in [9.17, 15) is 14.7 Å². The Labute approximate surface area is 236 Å². The van der Waals surface area contributed by atoms with Crippen molar-refractivity contribution in [2.24, 2.45) is 0 Å². The van der Waals surface area contributed by atoms with Gasteiger partial charge in [0.1, 0.15) is 11.3 Å². The molecule has 194 valence electrons. The molecule has 0 spiro atoms. The standard InChI is InChI=1S/C28H20ClN5O3S2/c1-16-22(33-13-6-5-12-20(33)30-16)24(35)21-23(18-10-7-11-19(29)14-18)34(26(37)25(21)36)27-31-32-28(39-27)38-15-17-8-3-2-4-9-17/h2-14,23,35H,15H2,1H3. The van der Waals surface area contributed by atoms with Gasteiger partial charge in [-0.2, -0.15) is 0 Å². The molecule has 4 heterocycles. The Morgan fingerprint density at radius 2 is 1.85 bits per heavy atom. The van der Waals surface area contributed by atoms with Crippen molar-refractivity contribution in [1.29, 1.82) is 0 Å². The summed E-state index contributed by atoms with van der Waals surface area (Å²) in [5.74, 6) is -1.26. The van der Waals surface area contributed by atoms with Crippen molar-refractivity contribution in [1.82, 2.24) is 19.6 Å². The molecule has 1 N–H and O–H groups in total. The van der Waals surface area contributed by atoms with Crippen molar-refractivity contribution in [2.45, 2.75) is 23.1 Å². The smallest absolute Gasteiger partial charge is 0.301 e. The van der Waals surface area contributed by atoms with Crippen LogP contribution in [0.3, 0.4) is 0 Å². The number of fused-ring (bicyclic) bond motifs is 1. The number of carbonyl (C=O) groups excluding carboxylic acids is 2. The van der Waals surface area contributed by atoms with E-state index in [4.69, 9.17) is 11.6 Å². The van der Waals surface area contributed by atoms with E-state index in [1.54, 1.807) is 53.9 Å². The Balaban J connectivity index is 1.46. The molecule has 0 radical (unpaired) electrons. The number of benzene rings is 2. The lowest BCUT2D eigenvalue weighted by atomic mass is 9.96. The molecule has 1 saturated heterocycles. The van der Waals surface area contributed by atoms with E-state index in [1.165, 1.54) is 28.0 Å². The number of rotatable bonds is 6. The molecule has 1 atom stereocenters. The van der Waals surface area contributed by atoms with E-state index in [-0.39, 0.29) is 16.5 Å². The van der Waals surface area contributed by atoms with Crippen LogP contribution >= 0.6 is 34.7 Å². The maximum Gasteiger partial charge on any atom is 0.301 e. The van der Waals surface area contributed by atoms with Gasteiger partial charge in [0.2, 0.25) is 5.13 Å². The first-order valence-corrected chi connectivity index (χ1v) is 14.1. The van der Waals surface area contributed by atoms with Crippen molar-refractivity contribution in [3.63, 3.8) is 0 Å². The third-order valence-corrected chi connectivity index (χ3v) is 8.71. The van der Waals surface area contributed by atoms with Crippen LogP contribution in [0.2, 0.25) is 5.02 Å². The number of nitrogens with zero attached hydrogens (tertiary/aromatic N) is 5. The first-order valence-electron chi connectivity index (χ1n) is 11.9. The minimum Gasteiger partial charge on any atom is -0.505 e. The van der Waals surface area contributed by atoms with Gasteiger partial charge in [0.05, 0.1) is 17.3 Å². The van der Waals surface area contributed by atoms with Crippen molar-refractivity contribution >= 4 is 62.9 Å². The Bertz CT molecular complexity index is 1770. The van der Waals surface area contributed by atoms with Crippen LogP contribution < -0.4 is 4.90 Å². The van der Waals surface area contributed by atoms with E-state index >= 15 is 0 Å². The van der Waals surface area contributed by atoms with Crippen molar-refractivity contribution in [3.05, 3.63) is 112 Å². The quantitative estimate of drug-likeness (QED) is 0.0865. The van der Waals surface area contributed by atoms with Gasteiger partial charge in [-0.25, -0.2) is 4.98 Å². The fraction of sp³-hybridized carbons (Fsp3) is 0.107. The molecule has 0 bridgehead atoms. The first kappa shape index (κ1) is 25.3. The predicted octanol–water partition coefficient (Wildman–Crippen LogP) is 6.07. The number of hydrogen-bond acceptors (Lipinski definition) is 8. The fourth-order valence-corrected chi connectivity index (χ4v) is 6.65. The van der Waals surface area contributed by atoms with Crippen LogP contribution in [0.25, 0.3) is 11.4 Å². The summed E-state index contributed by atoms with van der Waals surface area (Å²) in [6, 6.07) is 21.3. The summed E-state index contributed by atoms with van der Waals surface area (Å²) < 4.78 is 2.34. The summed E-state index contributed by atoms with van der Waals surface area (Å²) in [5, 5.41) is 20.8. The van der Waals surface area contributed by atoms with Crippen LogP contribution in [0, 0.1) is 6.92 Å². The van der Waals surface area contributed by atoms with Gasteiger partial charge in [-0.3, -0.25) is 18.9 Å². The number of Topliss-reactive ketones (excluding diaryl/α,β-unsaturated/α-hetero) is 1. The average molecular weight is 574 g/mol. The number of amides is 1. The van der Waals surface area contributed by atoms with Gasteiger partial charge < -0.3 is 5.11 Å². The minimum atomic E-state index is -0.961. The second-order valence-electron chi connectivity index (χ2n) is 8.82. The summed E-state index contributed by atoms with van der Waals surface area (Å²) in [6.45, 7) is 1.74. The largest absolute Gasteiger partial charge is 0.505 e. The molecule has 1 amide bonds. The molecular formula is C28H20ClN5O3S2. The molecule has 0 saturated carbocycles. The topological polar surface area (TPSA) is 101 Å². The lowest BCUT2D eigenvalue weighted by Gasteiger charge is -2.22. The molecule has 5 aromatic rings. The Hall–Kier alpha value is -3.99. The van der Waals surface area contributed by atoms with E-state index in [1.807, 2.05) is 36.4 Å². The van der Waals surface area contributed by atoms with Crippen LogP contribution in [0.1, 0.15) is 28.6 Å². The Morgan fingerprint density at radius 3 is 2.64 bits per heavy atom. The van der Waals surface area contributed by atoms with E-state index in [2.05, 4.69) is 15.2 Å². The number of aliphatic hydroxyl groups is 1. The maximum absolute atomic E-state index is 13.5. The number of pyridine rings is 1. The number of thioether (sulfide) groups is 1. The van der Waals surface area contributed by atoms with Gasteiger partial charge in [0.15, 0.2) is 10.1 Å². The third-order valence-electron chi connectivity index (χ3n) is 6.34. The van der Waals surface area contributed by atoms with E-state index in [0.29, 0.717) is 37.7 Å². The van der Waals surface area contributed by atoms with Gasteiger partial charge in [0.25, 0.3) is 5.78 Å². The average Bonchev–Trinajstić information content (AvgIpc) is 3.61. The van der Waals surface area contributed by atoms with Gasteiger partial charge in [0, 0.05) is 17.0 Å².